The van der Waals surface area contributed by atoms with E-state index in [9.17, 15) is 4.79 Å². The summed E-state index contributed by atoms with van der Waals surface area (Å²) < 4.78 is 13.5. The highest BCUT2D eigenvalue weighted by Crippen LogP contribution is 2.35. The van der Waals surface area contributed by atoms with Crippen LogP contribution in [0.5, 0.6) is 11.5 Å². The van der Waals surface area contributed by atoms with E-state index in [1.807, 2.05) is 28.9 Å². The van der Waals surface area contributed by atoms with Crippen LogP contribution < -0.4 is 15.0 Å². The van der Waals surface area contributed by atoms with Crippen LogP contribution in [-0.4, -0.2) is 49.8 Å². The number of hydrogen-bond acceptors (Lipinski definition) is 7. The Morgan fingerprint density at radius 2 is 1.84 bits per heavy atom. The topological polar surface area (TPSA) is 98.2 Å². The van der Waals surface area contributed by atoms with E-state index in [4.69, 9.17) is 9.47 Å². The van der Waals surface area contributed by atoms with Gasteiger partial charge < -0.3 is 14.5 Å². The van der Waals surface area contributed by atoms with E-state index in [0.29, 0.717) is 42.9 Å². The Kier molecular flexibility index (Phi) is 7.09. The number of aromatic nitrogens is 5. The van der Waals surface area contributed by atoms with Gasteiger partial charge in [0.25, 0.3) is 5.56 Å². The highest BCUT2D eigenvalue weighted by Gasteiger charge is 2.29. The average Bonchev–Trinajstić information content (AvgIpc) is 3.64. The molecular weight excluding hydrogens is 480 g/mol. The molecule has 0 saturated heterocycles. The highest BCUT2D eigenvalue weighted by molar-refractivity contribution is 5.83. The number of nitrogens with zero attached hydrogens (tertiary/aromatic N) is 5. The number of nitrogens with one attached hydrogen (secondary N) is 1. The number of pyridine rings is 1. The third-order valence-corrected chi connectivity index (χ3v) is 7.80. The minimum atomic E-state index is -0.0934. The first-order valence-corrected chi connectivity index (χ1v) is 13.7. The SMILES string of the molecule is CC[C@@H](c1nnnn1C1CCCC1)N(CCc1ccccc1)Cc1cc2cc3c(cc2[nH]c1=O)OCCO3. The minimum Gasteiger partial charge on any atom is -0.486 e. The Balaban J connectivity index is 1.34. The molecule has 0 bridgehead atoms. The molecule has 1 aliphatic heterocycles. The summed E-state index contributed by atoms with van der Waals surface area (Å²) in [5.74, 6) is 2.27. The minimum absolute atomic E-state index is 0.00956. The maximum Gasteiger partial charge on any atom is 0.252 e. The molecule has 1 atom stereocenters. The van der Waals surface area contributed by atoms with Crippen molar-refractivity contribution in [2.75, 3.05) is 19.8 Å². The van der Waals surface area contributed by atoms with Crippen molar-refractivity contribution in [3.05, 3.63) is 75.8 Å². The number of tetrazole rings is 1. The number of aromatic amines is 1. The maximum atomic E-state index is 13.3. The quantitative estimate of drug-likeness (QED) is 0.349. The van der Waals surface area contributed by atoms with E-state index < -0.39 is 0 Å². The number of rotatable bonds is 9. The van der Waals surface area contributed by atoms with Crippen molar-refractivity contribution < 1.29 is 9.47 Å². The van der Waals surface area contributed by atoms with Gasteiger partial charge in [0.2, 0.25) is 0 Å². The second-order valence-electron chi connectivity index (χ2n) is 10.3. The van der Waals surface area contributed by atoms with E-state index in [2.05, 4.69) is 56.6 Å². The number of fused-ring (bicyclic) bond motifs is 2. The molecule has 0 unspecified atom stereocenters. The number of H-pyrrole nitrogens is 1. The monoisotopic (exact) mass is 514 g/mol. The lowest BCUT2D eigenvalue weighted by atomic mass is 10.1. The first kappa shape index (κ1) is 24.6. The van der Waals surface area contributed by atoms with Crippen molar-refractivity contribution >= 4 is 10.9 Å². The van der Waals surface area contributed by atoms with Gasteiger partial charge in [0, 0.05) is 30.1 Å². The molecule has 9 nitrogen and oxygen atoms in total. The van der Waals surface area contributed by atoms with Crippen molar-refractivity contribution in [2.45, 2.75) is 64.1 Å². The molecule has 6 rings (SSSR count). The first-order valence-electron chi connectivity index (χ1n) is 13.7. The fraction of sp³-hybridized carbons (Fsp3) is 0.448. The summed E-state index contributed by atoms with van der Waals surface area (Å²) in [7, 11) is 0. The van der Waals surface area contributed by atoms with Crippen LogP contribution in [0.2, 0.25) is 0 Å². The van der Waals surface area contributed by atoms with Gasteiger partial charge in [0.1, 0.15) is 13.2 Å². The second kappa shape index (κ2) is 10.9. The van der Waals surface area contributed by atoms with Crippen molar-refractivity contribution in [1.29, 1.82) is 0 Å². The van der Waals surface area contributed by atoms with Crippen LogP contribution in [0, 0.1) is 0 Å². The van der Waals surface area contributed by atoms with Crippen LogP contribution in [0.3, 0.4) is 0 Å². The largest absolute Gasteiger partial charge is 0.486 e. The summed E-state index contributed by atoms with van der Waals surface area (Å²) in [6.45, 7) is 4.47. The highest BCUT2D eigenvalue weighted by atomic mass is 16.6. The Morgan fingerprint density at radius 1 is 1.08 bits per heavy atom. The molecule has 2 aromatic carbocycles. The van der Waals surface area contributed by atoms with Gasteiger partial charge in [0.05, 0.1) is 17.6 Å². The zero-order valence-corrected chi connectivity index (χ0v) is 21.8. The maximum absolute atomic E-state index is 13.3. The summed E-state index contributed by atoms with van der Waals surface area (Å²) in [4.78, 5) is 18.7. The standard InChI is InChI=1S/C29H34N6O3/c1-2-25(28-31-32-33-35(28)23-10-6-7-11-23)34(13-12-20-8-4-3-5-9-20)19-22-16-21-17-26-27(38-15-14-37-26)18-24(21)30-29(22)36/h3-5,8-9,16-18,23,25H,2,6-7,10-15,19H2,1H3,(H,30,36)/t25-/m0/s1. The number of benzene rings is 2. The predicted molar refractivity (Wildman–Crippen MR) is 144 cm³/mol. The molecule has 1 saturated carbocycles. The van der Waals surface area contributed by atoms with E-state index in [0.717, 1.165) is 49.0 Å². The second-order valence-corrected chi connectivity index (χ2v) is 10.3. The molecule has 0 amide bonds. The van der Waals surface area contributed by atoms with Crippen LogP contribution in [-0.2, 0) is 13.0 Å². The zero-order chi connectivity index (χ0) is 25.9. The van der Waals surface area contributed by atoms with Crippen LogP contribution in [0.15, 0.2) is 53.3 Å². The molecule has 0 spiro atoms. The van der Waals surface area contributed by atoms with Gasteiger partial charge in [0.15, 0.2) is 17.3 Å². The molecule has 2 aromatic heterocycles. The Labute approximate surface area is 221 Å². The average molecular weight is 515 g/mol. The summed E-state index contributed by atoms with van der Waals surface area (Å²) in [6, 6.07) is 16.6. The number of hydrogen-bond donors (Lipinski definition) is 1. The molecule has 4 aromatic rings. The summed E-state index contributed by atoms with van der Waals surface area (Å²) in [5, 5.41) is 13.9. The summed E-state index contributed by atoms with van der Waals surface area (Å²) >= 11 is 0. The summed E-state index contributed by atoms with van der Waals surface area (Å²) in [6.07, 6.45) is 6.35. The normalized spacial score (nSPS) is 16.4. The van der Waals surface area contributed by atoms with Crippen molar-refractivity contribution in [3.63, 3.8) is 0 Å². The fourth-order valence-corrected chi connectivity index (χ4v) is 5.82. The molecule has 1 fully saturated rings. The molecule has 198 valence electrons. The van der Waals surface area contributed by atoms with Gasteiger partial charge in [-0.05, 0) is 53.8 Å². The molecular formula is C29H34N6O3. The smallest absolute Gasteiger partial charge is 0.252 e. The zero-order valence-electron chi connectivity index (χ0n) is 21.8. The third-order valence-electron chi connectivity index (χ3n) is 7.80. The van der Waals surface area contributed by atoms with Crippen molar-refractivity contribution in [1.82, 2.24) is 30.1 Å². The lowest BCUT2D eigenvalue weighted by molar-refractivity contribution is 0.168. The predicted octanol–water partition coefficient (Wildman–Crippen LogP) is 4.60. The van der Waals surface area contributed by atoms with E-state index in [1.54, 1.807) is 0 Å². The van der Waals surface area contributed by atoms with E-state index >= 15 is 0 Å². The lowest BCUT2D eigenvalue weighted by Gasteiger charge is -2.31. The van der Waals surface area contributed by atoms with Crippen molar-refractivity contribution in [3.8, 4) is 11.5 Å². The first-order chi connectivity index (χ1) is 18.7. The van der Waals surface area contributed by atoms with Gasteiger partial charge >= 0.3 is 0 Å². The molecule has 38 heavy (non-hydrogen) atoms. The van der Waals surface area contributed by atoms with Crippen LogP contribution >= 0.6 is 0 Å². The van der Waals surface area contributed by atoms with Crippen molar-refractivity contribution in [2.24, 2.45) is 0 Å². The van der Waals surface area contributed by atoms with Crippen LogP contribution in [0.4, 0.5) is 0 Å². The molecule has 3 heterocycles. The van der Waals surface area contributed by atoms with Gasteiger partial charge in [-0.1, -0.05) is 50.1 Å². The Hall–Kier alpha value is -3.72. The van der Waals surface area contributed by atoms with Gasteiger partial charge in [-0.15, -0.1) is 5.10 Å². The third kappa shape index (κ3) is 5.03. The molecule has 2 aliphatic rings. The van der Waals surface area contributed by atoms with E-state index in [1.165, 1.54) is 18.4 Å². The molecule has 9 heteroatoms. The van der Waals surface area contributed by atoms with E-state index in [-0.39, 0.29) is 11.6 Å². The Bertz CT molecular complexity index is 1440. The van der Waals surface area contributed by atoms with Gasteiger partial charge in [-0.3, -0.25) is 9.69 Å². The van der Waals surface area contributed by atoms with Gasteiger partial charge in [-0.25, -0.2) is 4.68 Å². The van der Waals surface area contributed by atoms with Crippen LogP contribution in [0.1, 0.15) is 68.1 Å². The molecule has 1 aliphatic carbocycles. The van der Waals surface area contributed by atoms with Crippen LogP contribution in [0.25, 0.3) is 10.9 Å². The molecule has 0 radical (unpaired) electrons. The van der Waals surface area contributed by atoms with Gasteiger partial charge in [-0.2, -0.15) is 0 Å². The summed E-state index contributed by atoms with van der Waals surface area (Å²) in [5.41, 5.74) is 2.62. The molecule has 1 N–H and O–H groups in total. The fourth-order valence-electron chi connectivity index (χ4n) is 5.82. The number of ether oxygens (including phenoxy) is 2. The lowest BCUT2D eigenvalue weighted by Crippen LogP contribution is -2.34. The Morgan fingerprint density at radius 3 is 2.61 bits per heavy atom.